The smallest absolute Gasteiger partial charge is 0.408 e. The first-order valence-electron chi connectivity index (χ1n) is 7.42. The van der Waals surface area contributed by atoms with Crippen LogP contribution in [0.2, 0.25) is 0 Å². The summed E-state index contributed by atoms with van der Waals surface area (Å²) >= 11 is 0. The van der Waals surface area contributed by atoms with Crippen molar-refractivity contribution in [3.8, 4) is 11.6 Å². The summed E-state index contributed by atoms with van der Waals surface area (Å²) in [5.41, 5.74) is 0. The number of amides is 1. The average molecular weight is 350 g/mol. The maximum atomic E-state index is 14.0. The molecule has 2 atom stereocenters. The van der Waals surface area contributed by atoms with Gasteiger partial charge in [0.25, 0.3) is 0 Å². The van der Waals surface area contributed by atoms with E-state index in [4.69, 9.17) is 19.7 Å². The Balaban J connectivity index is 1.90. The van der Waals surface area contributed by atoms with Gasteiger partial charge in [-0.1, -0.05) is 0 Å². The molecule has 0 aliphatic carbocycles. The molecule has 8 nitrogen and oxygen atoms in total. The molecule has 1 aliphatic heterocycles. The van der Waals surface area contributed by atoms with Gasteiger partial charge in [0.05, 0.1) is 13.7 Å². The number of hydrogen-bond acceptors (Lipinski definition) is 5. The average Bonchev–Trinajstić information content (AvgIpc) is 2.99. The molecule has 25 heavy (non-hydrogen) atoms. The number of carboxylic acids is 1. The molecule has 0 radical (unpaired) electrons. The van der Waals surface area contributed by atoms with Crippen molar-refractivity contribution >= 4 is 22.8 Å². The van der Waals surface area contributed by atoms with E-state index in [0.717, 1.165) is 4.90 Å². The molecule has 0 spiro atoms. The highest BCUT2D eigenvalue weighted by Crippen LogP contribution is 2.31. The fourth-order valence-electron chi connectivity index (χ4n) is 2.88. The van der Waals surface area contributed by atoms with Crippen molar-refractivity contribution in [2.45, 2.75) is 18.6 Å². The van der Waals surface area contributed by atoms with Crippen LogP contribution in [0.3, 0.4) is 0 Å². The third-order valence-electron chi connectivity index (χ3n) is 4.07. The number of carboxylic acid groups (broad SMARTS) is 2. The number of rotatable bonds is 4. The Bertz CT molecular complexity index is 821. The first-order valence-corrected chi connectivity index (χ1v) is 7.42. The minimum absolute atomic E-state index is 0.0155. The standard InChI is InChI=1S/C16H15FN2O6/c1-24-13-4-8-2-3-18-14(10(8)6-11(13)17)25-9-5-12(15(20)21)19(7-9)16(22)23/h2-4,6,9,12H,5,7H2,1H3,(H,20,21)(H,22,23). The van der Waals surface area contributed by atoms with Crippen molar-refractivity contribution in [1.29, 1.82) is 0 Å². The molecule has 1 aromatic carbocycles. The molecule has 1 aliphatic rings. The van der Waals surface area contributed by atoms with Crippen LogP contribution in [0, 0.1) is 5.82 Å². The number of likely N-dealkylation sites (tertiary alicyclic amines) is 1. The molecule has 1 saturated heterocycles. The maximum absolute atomic E-state index is 14.0. The van der Waals surface area contributed by atoms with Crippen LogP contribution in [0.15, 0.2) is 24.4 Å². The van der Waals surface area contributed by atoms with Crippen LogP contribution >= 0.6 is 0 Å². The van der Waals surface area contributed by atoms with Crippen molar-refractivity contribution in [2.75, 3.05) is 13.7 Å². The van der Waals surface area contributed by atoms with Gasteiger partial charge in [0.2, 0.25) is 5.88 Å². The van der Waals surface area contributed by atoms with Gasteiger partial charge in [-0.15, -0.1) is 0 Å². The van der Waals surface area contributed by atoms with Crippen LogP contribution in [-0.4, -0.2) is 58.0 Å². The molecule has 0 saturated carbocycles. The van der Waals surface area contributed by atoms with Crippen LogP contribution in [0.1, 0.15) is 6.42 Å². The molecule has 0 bridgehead atoms. The Morgan fingerprint density at radius 2 is 2.12 bits per heavy atom. The molecule has 2 heterocycles. The lowest BCUT2D eigenvalue weighted by atomic mass is 10.1. The minimum atomic E-state index is -1.33. The number of benzene rings is 1. The Morgan fingerprint density at radius 1 is 1.36 bits per heavy atom. The second-order valence-electron chi connectivity index (χ2n) is 5.59. The highest BCUT2D eigenvalue weighted by Gasteiger charge is 2.41. The number of nitrogens with zero attached hydrogens (tertiary/aromatic N) is 2. The van der Waals surface area contributed by atoms with Crippen LogP contribution < -0.4 is 9.47 Å². The lowest BCUT2D eigenvalue weighted by molar-refractivity contribution is -0.141. The zero-order valence-electron chi connectivity index (χ0n) is 13.2. The number of aliphatic carboxylic acids is 1. The number of fused-ring (bicyclic) bond motifs is 1. The van der Waals surface area contributed by atoms with E-state index in [1.807, 2.05) is 0 Å². The highest BCUT2D eigenvalue weighted by molar-refractivity contribution is 5.88. The molecule has 1 fully saturated rings. The van der Waals surface area contributed by atoms with E-state index < -0.39 is 30.0 Å². The SMILES string of the molecule is COc1cc2ccnc(OC3CC(C(=O)O)N(C(=O)O)C3)c2cc1F. The fourth-order valence-corrected chi connectivity index (χ4v) is 2.88. The third kappa shape index (κ3) is 3.12. The Kier molecular flexibility index (Phi) is 4.30. The van der Waals surface area contributed by atoms with Gasteiger partial charge < -0.3 is 19.7 Å². The second-order valence-corrected chi connectivity index (χ2v) is 5.59. The van der Waals surface area contributed by atoms with Gasteiger partial charge in [0.15, 0.2) is 11.6 Å². The number of pyridine rings is 1. The van der Waals surface area contributed by atoms with E-state index in [2.05, 4.69) is 4.98 Å². The van der Waals surface area contributed by atoms with E-state index in [-0.39, 0.29) is 24.6 Å². The summed E-state index contributed by atoms with van der Waals surface area (Å²) in [6.45, 7) is -0.108. The Morgan fingerprint density at radius 3 is 2.72 bits per heavy atom. The summed E-state index contributed by atoms with van der Waals surface area (Å²) in [7, 11) is 1.36. The normalized spacial score (nSPS) is 19.8. The summed E-state index contributed by atoms with van der Waals surface area (Å²) in [5.74, 6) is -1.64. The van der Waals surface area contributed by atoms with Crippen LogP contribution in [0.4, 0.5) is 9.18 Å². The van der Waals surface area contributed by atoms with Crippen LogP contribution in [0.5, 0.6) is 11.6 Å². The predicted molar refractivity (Wildman–Crippen MR) is 83.4 cm³/mol. The van der Waals surface area contributed by atoms with Crippen LogP contribution in [-0.2, 0) is 4.79 Å². The molecule has 1 amide bonds. The van der Waals surface area contributed by atoms with E-state index in [0.29, 0.717) is 10.8 Å². The predicted octanol–water partition coefficient (Wildman–Crippen LogP) is 1.97. The third-order valence-corrected chi connectivity index (χ3v) is 4.07. The van der Waals surface area contributed by atoms with Gasteiger partial charge in [-0.3, -0.25) is 4.90 Å². The summed E-state index contributed by atoms with van der Waals surface area (Å²) in [4.78, 5) is 27.2. The number of hydrogen-bond donors (Lipinski definition) is 2. The molecule has 1 aromatic heterocycles. The molecule has 2 unspecified atom stereocenters. The molecule has 2 aromatic rings. The van der Waals surface area contributed by atoms with Gasteiger partial charge in [0.1, 0.15) is 12.1 Å². The summed E-state index contributed by atoms with van der Waals surface area (Å²) in [5, 5.41) is 19.3. The largest absolute Gasteiger partial charge is 0.494 e. The van der Waals surface area contributed by atoms with Gasteiger partial charge in [-0.05, 0) is 23.6 Å². The highest BCUT2D eigenvalue weighted by atomic mass is 19.1. The van der Waals surface area contributed by atoms with E-state index in [9.17, 15) is 14.0 Å². The Hall–Kier alpha value is -3.10. The van der Waals surface area contributed by atoms with E-state index in [1.165, 1.54) is 25.4 Å². The fraction of sp³-hybridized carbons (Fsp3) is 0.312. The molecular formula is C16H15FN2O6. The zero-order chi connectivity index (χ0) is 18.1. The topological polar surface area (TPSA) is 109 Å². The molecule has 3 rings (SSSR count). The minimum Gasteiger partial charge on any atom is -0.494 e. The van der Waals surface area contributed by atoms with Gasteiger partial charge in [-0.2, -0.15) is 0 Å². The van der Waals surface area contributed by atoms with E-state index in [1.54, 1.807) is 6.07 Å². The van der Waals surface area contributed by atoms with E-state index >= 15 is 0 Å². The van der Waals surface area contributed by atoms with Crippen molar-refractivity contribution in [3.05, 3.63) is 30.2 Å². The number of aromatic nitrogens is 1. The first-order chi connectivity index (χ1) is 11.9. The van der Waals surface area contributed by atoms with Gasteiger partial charge in [0, 0.05) is 18.0 Å². The Labute approximate surface area is 141 Å². The number of halogens is 1. The second kappa shape index (κ2) is 6.42. The van der Waals surface area contributed by atoms with Crippen molar-refractivity contribution in [3.63, 3.8) is 0 Å². The molecule has 132 valence electrons. The number of ether oxygens (including phenoxy) is 2. The molecule has 2 N–H and O–H groups in total. The monoisotopic (exact) mass is 350 g/mol. The quantitative estimate of drug-likeness (QED) is 0.867. The van der Waals surface area contributed by atoms with Crippen LogP contribution in [0.25, 0.3) is 10.8 Å². The maximum Gasteiger partial charge on any atom is 0.408 e. The number of carbonyl (C=O) groups is 2. The lowest BCUT2D eigenvalue weighted by Gasteiger charge is -2.16. The lowest BCUT2D eigenvalue weighted by Crippen LogP contribution is -2.39. The summed E-state index contributed by atoms with van der Waals surface area (Å²) in [6, 6.07) is 3.18. The number of methoxy groups -OCH3 is 1. The summed E-state index contributed by atoms with van der Waals surface area (Å²) in [6.07, 6.45) is -0.577. The van der Waals surface area contributed by atoms with Crippen molar-refractivity contribution < 1.29 is 33.7 Å². The first kappa shape index (κ1) is 16.7. The van der Waals surface area contributed by atoms with Crippen molar-refractivity contribution in [2.24, 2.45) is 0 Å². The summed E-state index contributed by atoms with van der Waals surface area (Å²) < 4.78 is 24.6. The van der Waals surface area contributed by atoms with Gasteiger partial charge >= 0.3 is 12.1 Å². The van der Waals surface area contributed by atoms with Gasteiger partial charge in [-0.25, -0.2) is 19.0 Å². The van der Waals surface area contributed by atoms with Crippen molar-refractivity contribution in [1.82, 2.24) is 9.88 Å². The molecular weight excluding hydrogens is 335 g/mol. The zero-order valence-corrected chi connectivity index (χ0v) is 13.2. The molecule has 9 heteroatoms.